The fourth-order valence-corrected chi connectivity index (χ4v) is 2.03. The zero-order valence-corrected chi connectivity index (χ0v) is 13.8. The molecule has 2 rings (SSSR count). The first-order chi connectivity index (χ1) is 12.2. The number of hydrogen-bond donors (Lipinski definition) is 3. The summed E-state index contributed by atoms with van der Waals surface area (Å²) in [6.45, 7) is 1.29. The minimum absolute atomic E-state index is 0.140. The highest BCUT2D eigenvalue weighted by molar-refractivity contribution is 5.96. The maximum Gasteiger partial charge on any atom is 0.269 e. The van der Waals surface area contributed by atoms with E-state index in [-0.39, 0.29) is 24.8 Å². The first-order valence-electron chi connectivity index (χ1n) is 7.95. The molecule has 0 saturated heterocycles. The number of carbonyl (C=O) groups is 2. The number of pyridine rings is 1. The van der Waals surface area contributed by atoms with Gasteiger partial charge in [-0.3, -0.25) is 14.6 Å². The van der Waals surface area contributed by atoms with Crippen LogP contribution in [0.2, 0.25) is 0 Å². The molecular weight excluding hydrogens is 322 g/mol. The molecule has 0 aliphatic rings. The second kappa shape index (κ2) is 10.2. The van der Waals surface area contributed by atoms with Crippen LogP contribution in [0.5, 0.6) is 0 Å². The molecule has 1 aromatic carbocycles. The number of benzene rings is 1. The summed E-state index contributed by atoms with van der Waals surface area (Å²) in [7, 11) is 0. The molecule has 7 nitrogen and oxygen atoms in total. The van der Waals surface area contributed by atoms with Gasteiger partial charge < -0.3 is 20.5 Å². The van der Waals surface area contributed by atoms with Gasteiger partial charge in [-0.1, -0.05) is 30.3 Å². The van der Waals surface area contributed by atoms with Crippen LogP contribution in [0.25, 0.3) is 0 Å². The largest absolute Gasteiger partial charge is 0.395 e. The number of aliphatic hydroxyl groups excluding tert-OH is 1. The van der Waals surface area contributed by atoms with Gasteiger partial charge in [0.1, 0.15) is 5.69 Å². The fourth-order valence-electron chi connectivity index (χ4n) is 2.03. The molecule has 0 spiro atoms. The lowest BCUT2D eigenvalue weighted by Gasteiger charge is -2.07. The first-order valence-corrected chi connectivity index (χ1v) is 7.95. The topological polar surface area (TPSA) is 101 Å². The van der Waals surface area contributed by atoms with E-state index in [0.29, 0.717) is 25.3 Å². The Morgan fingerprint density at radius 2 is 1.76 bits per heavy atom. The zero-order chi connectivity index (χ0) is 17.9. The minimum Gasteiger partial charge on any atom is -0.395 e. The molecule has 132 valence electrons. The van der Waals surface area contributed by atoms with Gasteiger partial charge in [-0.2, -0.15) is 0 Å². The Morgan fingerprint density at radius 3 is 2.44 bits per heavy atom. The molecule has 1 heterocycles. The Hall–Kier alpha value is -2.77. The van der Waals surface area contributed by atoms with Crippen molar-refractivity contribution >= 4 is 11.8 Å². The molecule has 0 aliphatic carbocycles. The smallest absolute Gasteiger partial charge is 0.269 e. The molecule has 0 saturated carbocycles. The zero-order valence-electron chi connectivity index (χ0n) is 13.8. The highest BCUT2D eigenvalue weighted by atomic mass is 16.5. The number of rotatable bonds is 9. The van der Waals surface area contributed by atoms with Gasteiger partial charge in [0.2, 0.25) is 0 Å². The standard InChI is InChI=1S/C18H21N3O4/c22-10-8-19-18(24)16-7-6-15(12-21-16)17(23)20-9-11-25-13-14-4-2-1-3-5-14/h1-7,12,22H,8-11,13H2,(H,19,24)(H,20,23). The van der Waals surface area contributed by atoms with Crippen molar-refractivity contribution in [1.82, 2.24) is 15.6 Å². The maximum atomic E-state index is 12.0. The Morgan fingerprint density at radius 1 is 1.00 bits per heavy atom. The number of ether oxygens (including phenoxy) is 1. The van der Waals surface area contributed by atoms with Crippen LogP contribution >= 0.6 is 0 Å². The predicted octanol–water partition coefficient (Wildman–Crippen LogP) is 0.750. The van der Waals surface area contributed by atoms with E-state index in [2.05, 4.69) is 15.6 Å². The minimum atomic E-state index is -0.393. The third-order valence-corrected chi connectivity index (χ3v) is 3.30. The summed E-state index contributed by atoms with van der Waals surface area (Å²) in [5.74, 6) is -0.673. The number of amides is 2. The van der Waals surface area contributed by atoms with Crippen molar-refractivity contribution in [3.63, 3.8) is 0 Å². The summed E-state index contributed by atoms with van der Waals surface area (Å²) in [5.41, 5.74) is 1.63. The van der Waals surface area contributed by atoms with Crippen molar-refractivity contribution < 1.29 is 19.4 Å². The van der Waals surface area contributed by atoms with Crippen molar-refractivity contribution in [2.75, 3.05) is 26.3 Å². The lowest BCUT2D eigenvalue weighted by atomic mass is 10.2. The van der Waals surface area contributed by atoms with Crippen LogP contribution in [0, 0.1) is 0 Å². The van der Waals surface area contributed by atoms with E-state index < -0.39 is 5.91 Å². The van der Waals surface area contributed by atoms with Crippen LogP contribution in [0.4, 0.5) is 0 Å². The van der Waals surface area contributed by atoms with Crippen LogP contribution in [-0.2, 0) is 11.3 Å². The van der Waals surface area contributed by atoms with Gasteiger partial charge in [0.25, 0.3) is 11.8 Å². The summed E-state index contributed by atoms with van der Waals surface area (Å²) in [5, 5.41) is 13.9. The predicted molar refractivity (Wildman–Crippen MR) is 92.1 cm³/mol. The summed E-state index contributed by atoms with van der Waals surface area (Å²) in [4.78, 5) is 27.6. The lowest BCUT2D eigenvalue weighted by Crippen LogP contribution is -2.29. The van der Waals surface area contributed by atoms with Crippen LogP contribution in [-0.4, -0.2) is 48.2 Å². The number of aromatic nitrogens is 1. The van der Waals surface area contributed by atoms with E-state index in [1.807, 2.05) is 30.3 Å². The average molecular weight is 343 g/mol. The molecule has 7 heteroatoms. The summed E-state index contributed by atoms with van der Waals surface area (Å²) in [6.07, 6.45) is 1.34. The summed E-state index contributed by atoms with van der Waals surface area (Å²) < 4.78 is 5.49. The molecule has 25 heavy (non-hydrogen) atoms. The van der Waals surface area contributed by atoms with Gasteiger partial charge in [-0.15, -0.1) is 0 Å². The van der Waals surface area contributed by atoms with Crippen LogP contribution in [0.3, 0.4) is 0 Å². The van der Waals surface area contributed by atoms with E-state index in [1.54, 1.807) is 0 Å². The van der Waals surface area contributed by atoms with Gasteiger partial charge in [-0.25, -0.2) is 0 Å². The SMILES string of the molecule is O=C(NCCOCc1ccccc1)c1ccc(C(=O)NCCO)nc1. The van der Waals surface area contributed by atoms with Crippen LogP contribution < -0.4 is 10.6 Å². The molecule has 3 N–H and O–H groups in total. The number of nitrogens with one attached hydrogen (secondary N) is 2. The third kappa shape index (κ3) is 6.33. The molecule has 2 aromatic rings. The summed E-state index contributed by atoms with van der Waals surface area (Å²) >= 11 is 0. The van der Waals surface area contributed by atoms with Gasteiger partial charge in [0.15, 0.2) is 0 Å². The molecule has 1 aromatic heterocycles. The van der Waals surface area contributed by atoms with Gasteiger partial charge in [0, 0.05) is 19.3 Å². The Kier molecular flexibility index (Phi) is 7.55. The highest BCUT2D eigenvalue weighted by Gasteiger charge is 2.09. The number of nitrogens with zero attached hydrogens (tertiary/aromatic N) is 1. The van der Waals surface area contributed by atoms with Crippen molar-refractivity contribution in [3.8, 4) is 0 Å². The molecule has 0 bridgehead atoms. The first kappa shape index (κ1) is 18.6. The van der Waals surface area contributed by atoms with Gasteiger partial charge in [-0.05, 0) is 17.7 Å². The molecule has 0 radical (unpaired) electrons. The van der Waals surface area contributed by atoms with Crippen molar-refractivity contribution in [2.24, 2.45) is 0 Å². The highest BCUT2D eigenvalue weighted by Crippen LogP contribution is 2.01. The van der Waals surface area contributed by atoms with Gasteiger partial charge in [0.05, 0.1) is 25.4 Å². The van der Waals surface area contributed by atoms with E-state index in [1.165, 1.54) is 18.3 Å². The van der Waals surface area contributed by atoms with Crippen molar-refractivity contribution in [2.45, 2.75) is 6.61 Å². The van der Waals surface area contributed by atoms with E-state index in [4.69, 9.17) is 9.84 Å². The molecular formula is C18H21N3O4. The second-order valence-electron chi connectivity index (χ2n) is 5.21. The van der Waals surface area contributed by atoms with E-state index in [9.17, 15) is 9.59 Å². The van der Waals surface area contributed by atoms with Crippen LogP contribution in [0.15, 0.2) is 48.7 Å². The monoisotopic (exact) mass is 343 g/mol. The lowest BCUT2D eigenvalue weighted by molar-refractivity contribution is 0.0897. The summed E-state index contributed by atoms with van der Waals surface area (Å²) in [6, 6.07) is 12.8. The van der Waals surface area contributed by atoms with Crippen molar-refractivity contribution in [1.29, 1.82) is 0 Å². The molecule has 0 fully saturated rings. The molecule has 0 unspecified atom stereocenters. The normalized spacial score (nSPS) is 10.3. The number of carbonyl (C=O) groups excluding carboxylic acids is 2. The second-order valence-corrected chi connectivity index (χ2v) is 5.21. The number of hydrogen-bond acceptors (Lipinski definition) is 5. The molecule has 2 amide bonds. The van der Waals surface area contributed by atoms with Crippen molar-refractivity contribution in [3.05, 3.63) is 65.5 Å². The Balaban J connectivity index is 1.70. The fraction of sp³-hybridized carbons (Fsp3) is 0.278. The Bertz CT molecular complexity index is 674. The quantitative estimate of drug-likeness (QED) is 0.583. The number of aliphatic hydroxyl groups is 1. The average Bonchev–Trinajstić information content (AvgIpc) is 2.66. The molecule has 0 aliphatic heterocycles. The van der Waals surface area contributed by atoms with E-state index >= 15 is 0 Å². The van der Waals surface area contributed by atoms with Crippen LogP contribution in [0.1, 0.15) is 26.4 Å². The van der Waals surface area contributed by atoms with Gasteiger partial charge >= 0.3 is 0 Å². The third-order valence-electron chi connectivity index (χ3n) is 3.30. The van der Waals surface area contributed by atoms with E-state index in [0.717, 1.165) is 5.56 Å². The Labute approximate surface area is 146 Å². The maximum absolute atomic E-state index is 12.0. The molecule has 0 atom stereocenters.